The van der Waals surface area contributed by atoms with Gasteiger partial charge in [0.1, 0.15) is 5.75 Å². The highest BCUT2D eigenvalue weighted by atomic mass is 127. The molecule has 1 saturated heterocycles. The summed E-state index contributed by atoms with van der Waals surface area (Å²) in [5.74, 6) is 2.57. The number of benzene rings is 1. The highest BCUT2D eigenvalue weighted by Gasteiger charge is 2.21. The van der Waals surface area contributed by atoms with E-state index in [4.69, 9.17) is 4.74 Å². The molecule has 1 aliphatic heterocycles. The summed E-state index contributed by atoms with van der Waals surface area (Å²) in [6, 6.07) is 8.22. The Morgan fingerprint density at radius 3 is 2.43 bits per heavy atom. The average molecular weight is 432 g/mol. The summed E-state index contributed by atoms with van der Waals surface area (Å²) in [5, 5.41) is 3.45. The lowest BCUT2D eigenvalue weighted by molar-refractivity contribution is 0.365. The van der Waals surface area contributed by atoms with Crippen LogP contribution in [0.2, 0.25) is 0 Å². The molecule has 1 heterocycles. The minimum atomic E-state index is 0. The van der Waals surface area contributed by atoms with Crippen LogP contribution in [0.25, 0.3) is 0 Å². The van der Waals surface area contributed by atoms with Crippen molar-refractivity contribution >= 4 is 35.6 Å². The first-order valence-corrected chi connectivity index (χ1v) is 7.99. The van der Waals surface area contributed by atoms with Gasteiger partial charge in [-0.05, 0) is 18.1 Å². The van der Waals surface area contributed by atoms with E-state index in [2.05, 4.69) is 46.1 Å². The quantitative estimate of drug-likeness (QED) is 0.451. The lowest BCUT2D eigenvalue weighted by Crippen LogP contribution is -2.53. The van der Waals surface area contributed by atoms with E-state index in [-0.39, 0.29) is 24.0 Å². The van der Waals surface area contributed by atoms with E-state index in [0.29, 0.717) is 5.92 Å². The molecule has 1 fully saturated rings. The van der Waals surface area contributed by atoms with Gasteiger partial charge >= 0.3 is 0 Å². The number of methoxy groups -OCH3 is 1. The van der Waals surface area contributed by atoms with Crippen molar-refractivity contribution in [2.75, 3.05) is 51.8 Å². The number of anilines is 1. The van der Waals surface area contributed by atoms with Crippen LogP contribution in [0.15, 0.2) is 29.3 Å². The summed E-state index contributed by atoms with van der Waals surface area (Å²) in [6.45, 7) is 9.26. The molecule has 0 saturated carbocycles. The van der Waals surface area contributed by atoms with Gasteiger partial charge in [-0.3, -0.25) is 4.99 Å². The van der Waals surface area contributed by atoms with E-state index >= 15 is 0 Å². The molecule has 5 nitrogen and oxygen atoms in total. The molecule has 6 heteroatoms. The second-order valence-electron chi connectivity index (χ2n) is 5.97. The number of halogens is 1. The Labute approximate surface area is 157 Å². The number of hydrogen-bond donors (Lipinski definition) is 1. The van der Waals surface area contributed by atoms with Crippen molar-refractivity contribution in [3.63, 3.8) is 0 Å². The fraction of sp³-hybridized carbons (Fsp3) is 0.588. The first-order chi connectivity index (χ1) is 10.7. The van der Waals surface area contributed by atoms with Gasteiger partial charge in [-0.2, -0.15) is 0 Å². The smallest absolute Gasteiger partial charge is 0.193 e. The maximum atomic E-state index is 5.47. The molecule has 130 valence electrons. The third kappa shape index (κ3) is 5.44. The summed E-state index contributed by atoms with van der Waals surface area (Å²) < 4.78 is 5.47. The Morgan fingerprint density at radius 1 is 1.22 bits per heavy atom. The van der Waals surface area contributed by atoms with E-state index < -0.39 is 0 Å². The highest BCUT2D eigenvalue weighted by molar-refractivity contribution is 14.0. The van der Waals surface area contributed by atoms with E-state index in [1.165, 1.54) is 5.69 Å². The zero-order valence-corrected chi connectivity index (χ0v) is 16.9. The summed E-state index contributed by atoms with van der Waals surface area (Å²) in [7, 11) is 3.59. The number of hydrogen-bond acceptors (Lipinski definition) is 3. The van der Waals surface area contributed by atoms with Crippen LogP contribution < -0.4 is 15.0 Å². The molecule has 1 aliphatic rings. The lowest BCUT2D eigenvalue weighted by atomic mass is 10.2. The third-order valence-corrected chi connectivity index (χ3v) is 3.89. The Hall–Kier alpha value is -1.18. The van der Waals surface area contributed by atoms with E-state index in [0.717, 1.165) is 44.4 Å². The van der Waals surface area contributed by atoms with Gasteiger partial charge < -0.3 is 19.9 Å². The fourth-order valence-electron chi connectivity index (χ4n) is 2.68. The third-order valence-electron chi connectivity index (χ3n) is 3.89. The van der Waals surface area contributed by atoms with Gasteiger partial charge in [0.15, 0.2) is 5.96 Å². The van der Waals surface area contributed by atoms with Gasteiger partial charge in [-0.1, -0.05) is 26.0 Å². The van der Waals surface area contributed by atoms with Crippen molar-refractivity contribution in [3.05, 3.63) is 24.3 Å². The minimum absolute atomic E-state index is 0. The van der Waals surface area contributed by atoms with E-state index in [1.807, 2.05) is 19.2 Å². The largest absolute Gasteiger partial charge is 0.495 e. The van der Waals surface area contributed by atoms with Crippen molar-refractivity contribution in [2.24, 2.45) is 10.9 Å². The minimum Gasteiger partial charge on any atom is -0.495 e. The zero-order valence-electron chi connectivity index (χ0n) is 14.6. The van der Waals surface area contributed by atoms with Crippen molar-refractivity contribution in [3.8, 4) is 5.75 Å². The van der Waals surface area contributed by atoms with Crippen molar-refractivity contribution in [1.29, 1.82) is 0 Å². The number of nitrogens with one attached hydrogen (secondary N) is 1. The first kappa shape index (κ1) is 19.9. The van der Waals surface area contributed by atoms with Crippen molar-refractivity contribution in [1.82, 2.24) is 10.2 Å². The number of aliphatic imine (C=N–C) groups is 1. The number of ether oxygens (including phenoxy) is 1. The Bertz CT molecular complexity index is 499. The standard InChI is InChI=1S/C17H28N4O.HI/c1-14(2)13-19-17(18-3)21-11-9-20(10-12-21)15-7-5-6-8-16(15)22-4;/h5-8,14H,9-13H2,1-4H3,(H,18,19);1H. The van der Waals surface area contributed by atoms with Gasteiger partial charge in [0, 0.05) is 39.8 Å². The molecule has 0 bridgehead atoms. The molecule has 23 heavy (non-hydrogen) atoms. The lowest BCUT2D eigenvalue weighted by Gasteiger charge is -2.38. The topological polar surface area (TPSA) is 40.1 Å². The normalized spacial score (nSPS) is 15.4. The van der Waals surface area contributed by atoms with E-state index in [9.17, 15) is 0 Å². The molecule has 1 N–H and O–H groups in total. The highest BCUT2D eigenvalue weighted by Crippen LogP contribution is 2.28. The van der Waals surface area contributed by atoms with Crippen LogP contribution >= 0.6 is 24.0 Å². The molecule has 1 aromatic rings. The van der Waals surface area contributed by atoms with Gasteiger partial charge in [0.25, 0.3) is 0 Å². The van der Waals surface area contributed by atoms with Gasteiger partial charge in [0.05, 0.1) is 12.8 Å². The number of rotatable bonds is 4. The van der Waals surface area contributed by atoms with Gasteiger partial charge in [-0.25, -0.2) is 0 Å². The second kappa shape index (κ2) is 9.85. The molecule has 0 aromatic heterocycles. The Balaban J connectivity index is 0.00000264. The summed E-state index contributed by atoms with van der Waals surface area (Å²) in [5.41, 5.74) is 1.18. The number of para-hydroxylation sites is 2. The van der Waals surface area contributed by atoms with Gasteiger partial charge in [-0.15, -0.1) is 24.0 Å². The molecular weight excluding hydrogens is 403 g/mol. The molecule has 0 radical (unpaired) electrons. The van der Waals surface area contributed by atoms with Crippen molar-refractivity contribution in [2.45, 2.75) is 13.8 Å². The summed E-state index contributed by atoms with van der Waals surface area (Å²) >= 11 is 0. The van der Waals surface area contributed by atoms with Crippen LogP contribution in [-0.2, 0) is 0 Å². The zero-order chi connectivity index (χ0) is 15.9. The number of piperazine rings is 1. The fourth-order valence-corrected chi connectivity index (χ4v) is 2.68. The predicted molar refractivity (Wildman–Crippen MR) is 108 cm³/mol. The molecule has 0 aliphatic carbocycles. The number of nitrogens with zero attached hydrogens (tertiary/aromatic N) is 3. The molecule has 0 amide bonds. The van der Waals surface area contributed by atoms with Crippen LogP contribution in [0.1, 0.15) is 13.8 Å². The summed E-state index contributed by atoms with van der Waals surface area (Å²) in [4.78, 5) is 9.11. The second-order valence-corrected chi connectivity index (χ2v) is 5.97. The van der Waals surface area contributed by atoms with Crippen LogP contribution in [-0.4, -0.2) is 57.7 Å². The number of guanidine groups is 1. The maximum Gasteiger partial charge on any atom is 0.193 e. The van der Waals surface area contributed by atoms with E-state index in [1.54, 1.807) is 7.11 Å². The average Bonchev–Trinajstić information content (AvgIpc) is 2.55. The Kier molecular flexibility index (Phi) is 8.51. The monoisotopic (exact) mass is 432 g/mol. The molecule has 0 atom stereocenters. The predicted octanol–water partition coefficient (Wildman–Crippen LogP) is 2.67. The van der Waals surface area contributed by atoms with Crippen LogP contribution in [0.3, 0.4) is 0 Å². The summed E-state index contributed by atoms with van der Waals surface area (Å²) in [6.07, 6.45) is 0. The van der Waals surface area contributed by atoms with Gasteiger partial charge in [0.2, 0.25) is 0 Å². The van der Waals surface area contributed by atoms with Crippen molar-refractivity contribution < 1.29 is 4.74 Å². The Morgan fingerprint density at radius 2 is 1.87 bits per heavy atom. The van der Waals surface area contributed by atoms with Crippen LogP contribution in [0, 0.1) is 5.92 Å². The van der Waals surface area contributed by atoms with Crippen LogP contribution in [0.4, 0.5) is 5.69 Å². The SMILES string of the molecule is CN=C(NCC(C)C)N1CCN(c2ccccc2OC)CC1.I. The first-order valence-electron chi connectivity index (χ1n) is 7.99. The molecule has 1 aromatic carbocycles. The molecule has 0 spiro atoms. The maximum absolute atomic E-state index is 5.47. The molecular formula is C17H29IN4O. The molecule has 2 rings (SSSR count). The van der Waals surface area contributed by atoms with Crippen LogP contribution in [0.5, 0.6) is 5.75 Å². The molecule has 0 unspecified atom stereocenters.